The topological polar surface area (TPSA) is 15.7 Å². The van der Waals surface area contributed by atoms with Gasteiger partial charge in [-0.05, 0) is 43.4 Å². The van der Waals surface area contributed by atoms with Crippen LogP contribution >= 0.6 is 0 Å². The fourth-order valence-corrected chi connectivity index (χ4v) is 3.42. The summed E-state index contributed by atoms with van der Waals surface area (Å²) in [5.41, 5.74) is 3.94. The highest BCUT2D eigenvalue weighted by Crippen LogP contribution is 2.36. The molecule has 0 N–H and O–H groups in total. The molecule has 0 atom stereocenters. The normalized spacial score (nSPS) is 16.4. The van der Waals surface area contributed by atoms with Crippen LogP contribution in [0.5, 0.6) is 5.75 Å². The Morgan fingerprint density at radius 3 is 2.22 bits per heavy atom. The third-order valence-corrected chi connectivity index (χ3v) is 4.97. The second kappa shape index (κ2) is 8.05. The molecule has 3 heteroatoms. The first-order valence-electron chi connectivity index (χ1n) is 9.08. The van der Waals surface area contributed by atoms with Gasteiger partial charge in [0.25, 0.3) is 0 Å². The van der Waals surface area contributed by atoms with E-state index in [0.717, 1.165) is 24.8 Å². The average molecular weight is 319 g/mol. The molecule has 1 aromatic carbocycles. The minimum absolute atomic E-state index is 0.491. The van der Waals surface area contributed by atoms with Gasteiger partial charge in [-0.1, -0.05) is 33.8 Å². The first kappa shape index (κ1) is 18.1. The molecular formula is C20H34N2O. The van der Waals surface area contributed by atoms with Gasteiger partial charge < -0.3 is 9.64 Å². The monoisotopic (exact) mass is 318 g/mol. The third kappa shape index (κ3) is 4.41. The Morgan fingerprint density at radius 2 is 1.70 bits per heavy atom. The van der Waals surface area contributed by atoms with Gasteiger partial charge >= 0.3 is 0 Å². The number of nitrogens with zero attached hydrogens (tertiary/aromatic N) is 2. The molecule has 1 fully saturated rings. The van der Waals surface area contributed by atoms with Gasteiger partial charge in [-0.2, -0.15) is 0 Å². The van der Waals surface area contributed by atoms with Gasteiger partial charge in [0, 0.05) is 37.4 Å². The molecular weight excluding hydrogens is 284 g/mol. The summed E-state index contributed by atoms with van der Waals surface area (Å²) < 4.78 is 5.72. The van der Waals surface area contributed by atoms with Gasteiger partial charge in [0.1, 0.15) is 5.75 Å². The highest BCUT2D eigenvalue weighted by atomic mass is 16.5. The van der Waals surface area contributed by atoms with Crippen LogP contribution in [0.15, 0.2) is 12.1 Å². The van der Waals surface area contributed by atoms with Crippen molar-refractivity contribution in [1.29, 1.82) is 0 Å². The van der Waals surface area contributed by atoms with Crippen LogP contribution in [0.4, 0.5) is 5.69 Å². The molecule has 0 amide bonds. The molecule has 1 aromatic rings. The smallest absolute Gasteiger partial charge is 0.127 e. The fourth-order valence-electron chi connectivity index (χ4n) is 3.42. The number of benzene rings is 1. The summed E-state index contributed by atoms with van der Waals surface area (Å²) in [6.07, 6.45) is 1.30. The van der Waals surface area contributed by atoms with Crippen LogP contribution in [0.2, 0.25) is 0 Å². The number of hydrogen-bond acceptors (Lipinski definition) is 3. The lowest BCUT2D eigenvalue weighted by Crippen LogP contribution is -2.47. The molecule has 0 unspecified atom stereocenters. The summed E-state index contributed by atoms with van der Waals surface area (Å²) in [5, 5.41) is 0. The van der Waals surface area contributed by atoms with Crippen LogP contribution in [-0.2, 0) is 0 Å². The van der Waals surface area contributed by atoms with E-state index in [1.807, 2.05) is 0 Å². The van der Waals surface area contributed by atoms with Crippen molar-refractivity contribution in [2.45, 2.75) is 47.0 Å². The van der Waals surface area contributed by atoms with Crippen molar-refractivity contribution in [3.05, 3.63) is 23.3 Å². The molecule has 0 aliphatic carbocycles. The molecule has 0 saturated carbocycles. The maximum absolute atomic E-state index is 5.72. The zero-order chi connectivity index (χ0) is 17.0. The Bertz CT molecular complexity index is 503. The molecule has 0 radical (unpaired) electrons. The van der Waals surface area contributed by atoms with Crippen molar-refractivity contribution >= 4 is 5.69 Å². The van der Waals surface area contributed by atoms with Crippen molar-refractivity contribution in [3.63, 3.8) is 0 Å². The molecule has 0 aromatic heterocycles. The van der Waals surface area contributed by atoms with E-state index < -0.39 is 0 Å². The third-order valence-electron chi connectivity index (χ3n) is 4.97. The lowest BCUT2D eigenvalue weighted by Gasteiger charge is -2.37. The predicted octanol–water partition coefficient (Wildman–Crippen LogP) is 4.30. The van der Waals surface area contributed by atoms with Gasteiger partial charge in [-0.25, -0.2) is 0 Å². The van der Waals surface area contributed by atoms with Crippen molar-refractivity contribution in [1.82, 2.24) is 4.90 Å². The molecule has 130 valence electrons. The molecule has 23 heavy (non-hydrogen) atoms. The minimum Gasteiger partial charge on any atom is -0.496 e. The number of piperazine rings is 1. The largest absolute Gasteiger partial charge is 0.496 e. The Balaban J connectivity index is 2.06. The van der Waals surface area contributed by atoms with E-state index in [1.165, 1.54) is 42.9 Å². The van der Waals surface area contributed by atoms with E-state index in [9.17, 15) is 0 Å². The summed E-state index contributed by atoms with van der Waals surface area (Å²) in [6.45, 7) is 17.1. The van der Waals surface area contributed by atoms with Crippen LogP contribution in [0, 0.1) is 12.8 Å². The summed E-state index contributed by atoms with van der Waals surface area (Å²) in [5.74, 6) is 2.36. The highest BCUT2D eigenvalue weighted by Gasteiger charge is 2.21. The van der Waals surface area contributed by atoms with Crippen LogP contribution < -0.4 is 9.64 Å². The first-order valence-corrected chi connectivity index (χ1v) is 9.08. The Morgan fingerprint density at radius 1 is 1.04 bits per heavy atom. The molecule has 3 nitrogen and oxygen atoms in total. The molecule has 0 spiro atoms. The van der Waals surface area contributed by atoms with Crippen molar-refractivity contribution < 1.29 is 4.74 Å². The van der Waals surface area contributed by atoms with Gasteiger partial charge in [-0.15, -0.1) is 0 Å². The van der Waals surface area contributed by atoms with E-state index in [-0.39, 0.29) is 0 Å². The zero-order valence-electron chi connectivity index (χ0n) is 15.9. The minimum atomic E-state index is 0.491. The van der Waals surface area contributed by atoms with Crippen molar-refractivity contribution in [2.75, 3.05) is 44.7 Å². The predicted molar refractivity (Wildman–Crippen MR) is 99.9 cm³/mol. The Labute approximate surface area is 142 Å². The Kier molecular flexibility index (Phi) is 6.34. The molecule has 1 saturated heterocycles. The van der Waals surface area contributed by atoms with E-state index in [0.29, 0.717) is 5.92 Å². The lowest BCUT2D eigenvalue weighted by atomic mass is 9.97. The molecule has 1 aliphatic heterocycles. The SMILES string of the molecule is COc1c(C(C)C)ccc(N2CCN(CCC(C)C)CC2)c1C. The summed E-state index contributed by atoms with van der Waals surface area (Å²) in [7, 11) is 1.79. The van der Waals surface area contributed by atoms with Gasteiger partial charge in [-0.3, -0.25) is 4.90 Å². The second-order valence-corrected chi connectivity index (χ2v) is 7.50. The van der Waals surface area contributed by atoms with Crippen LogP contribution in [0.1, 0.15) is 51.2 Å². The standard InChI is InChI=1S/C20H34N2O/c1-15(2)9-10-21-11-13-22(14-12-21)19-8-7-18(16(3)4)20(23-6)17(19)5/h7-8,15-16H,9-14H2,1-6H3. The Hall–Kier alpha value is -1.22. The van der Waals surface area contributed by atoms with Crippen LogP contribution in [0.25, 0.3) is 0 Å². The maximum atomic E-state index is 5.72. The van der Waals surface area contributed by atoms with Crippen molar-refractivity contribution in [2.24, 2.45) is 5.92 Å². The number of hydrogen-bond donors (Lipinski definition) is 0. The van der Waals surface area contributed by atoms with Crippen LogP contribution in [-0.4, -0.2) is 44.7 Å². The molecule has 0 bridgehead atoms. The average Bonchev–Trinajstić information content (AvgIpc) is 2.53. The molecule has 1 aliphatic rings. The van der Waals surface area contributed by atoms with E-state index in [1.54, 1.807) is 7.11 Å². The number of methoxy groups -OCH3 is 1. The van der Waals surface area contributed by atoms with Crippen LogP contribution in [0.3, 0.4) is 0 Å². The lowest BCUT2D eigenvalue weighted by molar-refractivity contribution is 0.243. The summed E-state index contributed by atoms with van der Waals surface area (Å²) >= 11 is 0. The van der Waals surface area contributed by atoms with Gasteiger partial charge in [0.05, 0.1) is 7.11 Å². The number of ether oxygens (including phenoxy) is 1. The number of rotatable bonds is 6. The molecule has 2 rings (SSSR count). The summed E-state index contributed by atoms with van der Waals surface area (Å²) in [6, 6.07) is 4.54. The maximum Gasteiger partial charge on any atom is 0.127 e. The van der Waals surface area contributed by atoms with E-state index in [2.05, 4.69) is 56.6 Å². The zero-order valence-corrected chi connectivity index (χ0v) is 15.9. The van der Waals surface area contributed by atoms with E-state index >= 15 is 0 Å². The molecule has 1 heterocycles. The van der Waals surface area contributed by atoms with Gasteiger partial charge in [0.15, 0.2) is 0 Å². The highest BCUT2D eigenvalue weighted by molar-refractivity contribution is 5.62. The first-order chi connectivity index (χ1) is 10.9. The summed E-state index contributed by atoms with van der Waals surface area (Å²) in [4.78, 5) is 5.12. The number of anilines is 1. The van der Waals surface area contributed by atoms with Gasteiger partial charge in [0.2, 0.25) is 0 Å². The second-order valence-electron chi connectivity index (χ2n) is 7.50. The quantitative estimate of drug-likeness (QED) is 0.778. The fraction of sp³-hybridized carbons (Fsp3) is 0.700. The van der Waals surface area contributed by atoms with E-state index in [4.69, 9.17) is 4.74 Å². The van der Waals surface area contributed by atoms with Crippen molar-refractivity contribution in [3.8, 4) is 5.75 Å².